The monoisotopic (exact) mass is 439 g/mol. The third-order valence-corrected chi connectivity index (χ3v) is 5.64. The van der Waals surface area contributed by atoms with Crippen LogP contribution in [-0.4, -0.2) is 56.7 Å². The molecule has 1 atom stereocenters. The van der Waals surface area contributed by atoms with Gasteiger partial charge < -0.3 is 15.2 Å². The van der Waals surface area contributed by atoms with Crippen LogP contribution < -0.4 is 5.73 Å². The van der Waals surface area contributed by atoms with E-state index >= 15 is 0 Å². The minimum atomic E-state index is -4.91. The highest BCUT2D eigenvalue weighted by Crippen LogP contribution is 2.36. The van der Waals surface area contributed by atoms with Crippen LogP contribution in [0.25, 0.3) is 0 Å². The molecule has 2 rings (SSSR count). The number of sulfonamides is 1. The summed E-state index contributed by atoms with van der Waals surface area (Å²) in [4.78, 5) is 10.4. The zero-order valence-electron chi connectivity index (χ0n) is 14.8. The van der Waals surface area contributed by atoms with Gasteiger partial charge in [-0.1, -0.05) is 23.9 Å². The van der Waals surface area contributed by atoms with E-state index in [0.29, 0.717) is 10.4 Å². The molecule has 9 nitrogen and oxygen atoms in total. The van der Waals surface area contributed by atoms with E-state index in [-0.39, 0.29) is 11.2 Å². The van der Waals surface area contributed by atoms with Crippen LogP contribution in [0.15, 0.2) is 44.1 Å². The molecule has 0 spiro atoms. The van der Waals surface area contributed by atoms with Gasteiger partial charge in [-0.2, -0.15) is 32.5 Å². The van der Waals surface area contributed by atoms with Crippen LogP contribution in [0.4, 0.5) is 13.2 Å². The molecule has 0 amide bonds. The molecule has 1 aromatic carbocycles. The van der Waals surface area contributed by atoms with Crippen LogP contribution in [0.1, 0.15) is 5.56 Å². The average Bonchev–Trinajstić information content (AvgIpc) is 2.66. The molecule has 1 aliphatic rings. The van der Waals surface area contributed by atoms with Crippen molar-refractivity contribution in [3.63, 3.8) is 0 Å². The number of rotatable bonds is 3. The summed E-state index contributed by atoms with van der Waals surface area (Å²) in [7, 11) is -2.51. The first-order valence-corrected chi connectivity index (χ1v) is 10.0. The molecule has 28 heavy (non-hydrogen) atoms. The fraction of sp³-hybridized carbons (Fsp3) is 0.357. The molecule has 154 valence electrons. The summed E-state index contributed by atoms with van der Waals surface area (Å²) in [5.74, 6) is -0.553. The van der Waals surface area contributed by atoms with Gasteiger partial charge >= 0.3 is 12.2 Å². The Hall–Kier alpha value is -2.32. The smallest absolute Gasteiger partial charge is 0.417 e. The maximum absolute atomic E-state index is 13.4. The van der Waals surface area contributed by atoms with E-state index in [4.69, 9.17) is 15.2 Å². The van der Waals surface area contributed by atoms with Crippen molar-refractivity contribution in [3.8, 4) is 0 Å². The number of nitrogens with zero attached hydrogens (tertiary/aromatic N) is 4. The summed E-state index contributed by atoms with van der Waals surface area (Å²) < 4.78 is 76.7. The van der Waals surface area contributed by atoms with Crippen LogP contribution in [0, 0.1) is 0 Å². The molecule has 0 aliphatic carbocycles. The van der Waals surface area contributed by atoms with Crippen molar-refractivity contribution in [1.82, 2.24) is 4.31 Å². The fourth-order valence-corrected chi connectivity index (χ4v) is 3.90. The van der Waals surface area contributed by atoms with Gasteiger partial charge in [0.2, 0.25) is 6.35 Å². The van der Waals surface area contributed by atoms with Crippen molar-refractivity contribution in [2.75, 3.05) is 20.5 Å². The first-order valence-electron chi connectivity index (χ1n) is 7.38. The number of hydrogen-bond acceptors (Lipinski definition) is 8. The van der Waals surface area contributed by atoms with Crippen LogP contribution in [0.2, 0.25) is 0 Å². The first-order chi connectivity index (χ1) is 13.1. The van der Waals surface area contributed by atoms with E-state index in [1.54, 1.807) is 6.26 Å². The number of guanidine groups is 1. The van der Waals surface area contributed by atoms with Crippen molar-refractivity contribution >= 4 is 38.9 Å². The van der Waals surface area contributed by atoms with Crippen molar-refractivity contribution in [3.05, 3.63) is 29.8 Å². The zero-order valence-corrected chi connectivity index (χ0v) is 16.5. The molecule has 1 unspecified atom stereocenters. The van der Waals surface area contributed by atoms with Gasteiger partial charge in [-0.25, -0.2) is 8.42 Å². The number of halogens is 3. The van der Waals surface area contributed by atoms with Crippen molar-refractivity contribution < 1.29 is 31.1 Å². The van der Waals surface area contributed by atoms with Gasteiger partial charge in [0.15, 0.2) is 5.17 Å². The number of hydrogen-bond donors (Lipinski definition) is 1. The van der Waals surface area contributed by atoms with Gasteiger partial charge in [0.05, 0.1) is 17.6 Å². The third-order valence-electron chi connectivity index (χ3n) is 3.36. The molecule has 1 aromatic rings. The lowest BCUT2D eigenvalue weighted by atomic mass is 10.2. The van der Waals surface area contributed by atoms with Gasteiger partial charge in [0.1, 0.15) is 0 Å². The number of benzene rings is 1. The molecule has 1 aliphatic heterocycles. The summed E-state index contributed by atoms with van der Waals surface area (Å²) in [5, 5.41) is -0.0877. The standard InChI is InChI=1S/C14H16F3N5O4S2/c1-25-12-20-11(19-10(18)27-3)22(13(21-12)26-2)28(23,24)9-7-5-4-6-8(9)14(15,16)17/h4-7,13H,1-3H3,(H2,18,19,20,21). The molecule has 0 saturated heterocycles. The molecule has 0 aromatic heterocycles. The van der Waals surface area contributed by atoms with Gasteiger partial charge in [-0.3, -0.25) is 0 Å². The number of ether oxygens (including phenoxy) is 2. The largest absolute Gasteiger partial charge is 0.467 e. The molecule has 0 bridgehead atoms. The minimum absolute atomic E-state index is 0.0877. The molecule has 0 fully saturated rings. The highest BCUT2D eigenvalue weighted by molar-refractivity contribution is 8.13. The number of alkyl halides is 3. The SMILES string of the molecule is COC1=NC(OC)N(S(=O)(=O)c2ccccc2C(F)(F)F)C(N=C(N)SC)=N1. The number of aliphatic imine (C=N–C) groups is 3. The Kier molecular flexibility index (Phi) is 6.56. The molecule has 2 N–H and O–H groups in total. The predicted molar refractivity (Wildman–Crippen MR) is 98.3 cm³/mol. The van der Waals surface area contributed by atoms with Crippen LogP contribution in [-0.2, 0) is 25.7 Å². The molecule has 1 heterocycles. The second-order valence-corrected chi connectivity index (χ2v) is 7.65. The topological polar surface area (TPSA) is 119 Å². The number of methoxy groups -OCH3 is 2. The van der Waals surface area contributed by atoms with Crippen LogP contribution in [0.5, 0.6) is 0 Å². The lowest BCUT2D eigenvalue weighted by Crippen LogP contribution is -2.48. The van der Waals surface area contributed by atoms with E-state index in [1.165, 1.54) is 7.11 Å². The van der Waals surface area contributed by atoms with E-state index in [2.05, 4.69) is 15.0 Å². The maximum atomic E-state index is 13.4. The molecule has 0 saturated carbocycles. The van der Waals surface area contributed by atoms with E-state index < -0.39 is 39.0 Å². The van der Waals surface area contributed by atoms with Crippen LogP contribution in [0.3, 0.4) is 0 Å². The lowest BCUT2D eigenvalue weighted by molar-refractivity contribution is -0.140. The van der Waals surface area contributed by atoms with Crippen LogP contribution >= 0.6 is 11.8 Å². The molecular formula is C14H16F3N5O4S2. The number of nitrogens with two attached hydrogens (primary N) is 1. The quantitative estimate of drug-likeness (QED) is 0.565. The fourth-order valence-electron chi connectivity index (χ4n) is 2.13. The van der Waals surface area contributed by atoms with Gasteiger partial charge in [-0.05, 0) is 18.4 Å². The summed E-state index contributed by atoms with van der Waals surface area (Å²) in [6, 6.07) is 3.42. The molecular weight excluding hydrogens is 423 g/mol. The van der Waals surface area contributed by atoms with Gasteiger partial charge in [-0.15, -0.1) is 0 Å². The Morgan fingerprint density at radius 1 is 1.32 bits per heavy atom. The highest BCUT2D eigenvalue weighted by Gasteiger charge is 2.43. The number of thioether (sulfide) groups is 1. The average molecular weight is 439 g/mol. The highest BCUT2D eigenvalue weighted by atomic mass is 32.2. The zero-order chi connectivity index (χ0) is 21.1. The Morgan fingerprint density at radius 3 is 2.50 bits per heavy atom. The van der Waals surface area contributed by atoms with E-state index in [1.807, 2.05) is 0 Å². The summed E-state index contributed by atoms with van der Waals surface area (Å²) >= 11 is 0.976. The predicted octanol–water partition coefficient (Wildman–Crippen LogP) is 1.68. The lowest BCUT2D eigenvalue weighted by Gasteiger charge is -2.31. The van der Waals surface area contributed by atoms with Crippen molar-refractivity contribution in [1.29, 1.82) is 0 Å². The summed E-state index contributed by atoms with van der Waals surface area (Å²) in [6.07, 6.45) is -4.95. The van der Waals surface area contributed by atoms with E-state index in [9.17, 15) is 21.6 Å². The van der Waals surface area contributed by atoms with Crippen molar-refractivity contribution in [2.45, 2.75) is 17.4 Å². The Balaban J connectivity index is 2.71. The minimum Gasteiger partial charge on any atom is -0.467 e. The normalized spacial score (nSPS) is 18.6. The Morgan fingerprint density at radius 2 is 1.96 bits per heavy atom. The van der Waals surface area contributed by atoms with Gasteiger partial charge in [0, 0.05) is 7.11 Å². The van der Waals surface area contributed by atoms with Crippen molar-refractivity contribution in [2.24, 2.45) is 20.7 Å². The molecule has 0 radical (unpaired) electrons. The van der Waals surface area contributed by atoms with E-state index in [0.717, 1.165) is 37.1 Å². The Labute approximate surface area is 163 Å². The summed E-state index contributed by atoms with van der Waals surface area (Å²) in [6.45, 7) is 0. The second kappa shape index (κ2) is 8.36. The summed E-state index contributed by atoms with van der Waals surface area (Å²) in [5.41, 5.74) is 4.28. The molecule has 14 heteroatoms. The van der Waals surface area contributed by atoms with Gasteiger partial charge in [0.25, 0.3) is 16.0 Å². The Bertz CT molecular complexity index is 931. The maximum Gasteiger partial charge on any atom is 0.417 e. The first kappa shape index (κ1) is 22.0. The number of amidine groups is 2. The second-order valence-electron chi connectivity index (χ2n) is 5.04. The third kappa shape index (κ3) is 4.39.